The molecule has 3 rings (SSSR count). The minimum atomic E-state index is -0.449. The summed E-state index contributed by atoms with van der Waals surface area (Å²) in [6.07, 6.45) is 3.35. The van der Waals surface area contributed by atoms with Gasteiger partial charge in [-0.2, -0.15) is 0 Å². The second-order valence-electron chi connectivity index (χ2n) is 5.38. The van der Waals surface area contributed by atoms with E-state index in [4.69, 9.17) is 27.9 Å². The van der Waals surface area contributed by atoms with Crippen molar-refractivity contribution in [3.8, 4) is 0 Å². The molecule has 0 aliphatic rings. The van der Waals surface area contributed by atoms with Gasteiger partial charge in [-0.1, -0.05) is 35.3 Å². The number of nitrogens with one attached hydrogen (secondary N) is 1. The van der Waals surface area contributed by atoms with E-state index in [0.29, 0.717) is 42.1 Å². The van der Waals surface area contributed by atoms with E-state index >= 15 is 0 Å². The van der Waals surface area contributed by atoms with Crippen LogP contribution >= 0.6 is 34.5 Å². The van der Waals surface area contributed by atoms with Gasteiger partial charge in [0.05, 0.1) is 22.0 Å². The van der Waals surface area contributed by atoms with E-state index in [2.05, 4.69) is 9.97 Å². The molecule has 0 saturated heterocycles. The topological polar surface area (TPSA) is 72.0 Å². The van der Waals surface area contributed by atoms with Gasteiger partial charge in [-0.15, -0.1) is 11.3 Å². The van der Waals surface area contributed by atoms with Crippen molar-refractivity contribution < 1.29 is 9.53 Å². The number of thiophene rings is 1. The highest BCUT2D eigenvalue weighted by molar-refractivity contribution is 7.20. The lowest BCUT2D eigenvalue weighted by atomic mass is 10.2. The molecule has 0 unspecified atom stereocenters. The average Bonchev–Trinajstić information content (AvgIpc) is 2.94. The van der Waals surface area contributed by atoms with Gasteiger partial charge in [0.1, 0.15) is 15.5 Å². The molecule has 0 aliphatic heterocycles. The molecule has 0 spiro atoms. The molecule has 3 aromatic rings. The molecule has 0 amide bonds. The molecule has 134 valence electrons. The summed E-state index contributed by atoms with van der Waals surface area (Å²) in [6, 6.07) is 5.27. The van der Waals surface area contributed by atoms with Crippen molar-refractivity contribution in [1.29, 1.82) is 0 Å². The van der Waals surface area contributed by atoms with E-state index in [1.807, 2.05) is 0 Å². The van der Waals surface area contributed by atoms with E-state index in [0.717, 1.165) is 11.3 Å². The molecule has 0 saturated carbocycles. The van der Waals surface area contributed by atoms with Crippen LogP contribution in [0, 0.1) is 6.92 Å². The molecule has 0 radical (unpaired) electrons. The van der Waals surface area contributed by atoms with Gasteiger partial charge in [0, 0.05) is 0 Å². The Kier molecular flexibility index (Phi) is 5.46. The van der Waals surface area contributed by atoms with Gasteiger partial charge >= 0.3 is 5.97 Å². The number of halogens is 2. The van der Waals surface area contributed by atoms with Crippen LogP contribution in [0.2, 0.25) is 10.0 Å². The first kappa shape index (κ1) is 18.6. The normalized spacial score (nSPS) is 11.4. The van der Waals surface area contributed by atoms with Crippen molar-refractivity contribution in [3.05, 3.63) is 60.4 Å². The lowest BCUT2D eigenvalue weighted by Gasteiger charge is -2.00. The molecule has 5 nitrogen and oxygen atoms in total. The van der Waals surface area contributed by atoms with Crippen LogP contribution in [0.15, 0.2) is 23.0 Å². The maximum Gasteiger partial charge on any atom is 0.348 e. The SMILES string of the molecule is CCOC(=O)c1sc2nc(C=Cc3cccc(Cl)c3Cl)[nH]c(=O)c2c1C. The molecule has 0 fully saturated rings. The molecule has 2 heterocycles. The number of carbonyl (C=O) groups excluding carboxylic acids is 1. The van der Waals surface area contributed by atoms with Crippen LogP contribution in [0.5, 0.6) is 0 Å². The van der Waals surface area contributed by atoms with Crippen LogP contribution < -0.4 is 5.56 Å². The van der Waals surface area contributed by atoms with Crippen LogP contribution in [0.1, 0.15) is 33.5 Å². The summed E-state index contributed by atoms with van der Waals surface area (Å²) in [5.41, 5.74) is 0.971. The zero-order valence-electron chi connectivity index (χ0n) is 13.9. The van der Waals surface area contributed by atoms with Gasteiger partial charge < -0.3 is 9.72 Å². The summed E-state index contributed by atoms with van der Waals surface area (Å²) in [4.78, 5) is 32.4. The molecule has 2 aromatic heterocycles. The van der Waals surface area contributed by atoms with Crippen LogP contribution in [0.25, 0.3) is 22.4 Å². The molecule has 1 aromatic carbocycles. The highest BCUT2D eigenvalue weighted by Crippen LogP contribution is 2.29. The Morgan fingerprint density at radius 3 is 2.85 bits per heavy atom. The number of esters is 1. The summed E-state index contributed by atoms with van der Waals surface area (Å²) in [7, 11) is 0. The highest BCUT2D eigenvalue weighted by atomic mass is 35.5. The van der Waals surface area contributed by atoms with E-state index in [9.17, 15) is 9.59 Å². The number of hydrogen-bond acceptors (Lipinski definition) is 5. The fourth-order valence-electron chi connectivity index (χ4n) is 2.45. The molecule has 0 atom stereocenters. The number of fused-ring (bicyclic) bond motifs is 1. The largest absolute Gasteiger partial charge is 0.462 e. The molecule has 26 heavy (non-hydrogen) atoms. The Morgan fingerprint density at radius 2 is 2.12 bits per heavy atom. The second-order valence-corrected chi connectivity index (χ2v) is 7.17. The predicted molar refractivity (Wildman–Crippen MR) is 106 cm³/mol. The summed E-state index contributed by atoms with van der Waals surface area (Å²) in [6.45, 7) is 3.71. The summed E-state index contributed by atoms with van der Waals surface area (Å²) in [5.74, 6) is -0.0922. The maximum atomic E-state index is 12.4. The number of H-pyrrole nitrogens is 1. The number of nitrogens with zero attached hydrogens (tertiary/aromatic N) is 1. The van der Waals surface area contributed by atoms with Gasteiger partial charge in [-0.25, -0.2) is 9.78 Å². The zero-order chi connectivity index (χ0) is 18.8. The Bertz CT molecular complexity index is 1090. The van der Waals surface area contributed by atoms with Crippen molar-refractivity contribution in [2.24, 2.45) is 0 Å². The molecular weight excluding hydrogens is 395 g/mol. The molecule has 0 bridgehead atoms. The summed E-state index contributed by atoms with van der Waals surface area (Å²) >= 11 is 13.3. The lowest BCUT2D eigenvalue weighted by molar-refractivity contribution is 0.0531. The van der Waals surface area contributed by atoms with Crippen molar-refractivity contribution in [3.63, 3.8) is 0 Å². The van der Waals surface area contributed by atoms with E-state index in [1.54, 1.807) is 44.2 Å². The number of carbonyl (C=O) groups is 1. The Labute approximate surface area is 163 Å². The third-order valence-electron chi connectivity index (χ3n) is 3.68. The third kappa shape index (κ3) is 3.53. The standard InChI is InChI=1S/C18H14Cl2N2O3S/c1-3-25-18(24)15-9(2)13-16(23)21-12(22-17(13)26-15)8-7-10-5-4-6-11(19)14(10)20/h4-8H,3H2,1-2H3,(H,21,22,23). The average molecular weight is 409 g/mol. The third-order valence-corrected chi connectivity index (χ3v) is 5.68. The molecule has 0 aliphatic carbocycles. The van der Waals surface area contributed by atoms with E-state index in [1.165, 1.54) is 0 Å². The first-order valence-corrected chi connectivity index (χ1v) is 9.32. The summed E-state index contributed by atoms with van der Waals surface area (Å²) < 4.78 is 5.03. The van der Waals surface area contributed by atoms with Crippen LogP contribution in [0.3, 0.4) is 0 Å². The number of aromatic nitrogens is 2. The van der Waals surface area contributed by atoms with E-state index in [-0.39, 0.29) is 12.2 Å². The number of ether oxygens (including phenoxy) is 1. The Morgan fingerprint density at radius 1 is 1.35 bits per heavy atom. The Balaban J connectivity index is 2.03. The van der Waals surface area contributed by atoms with E-state index < -0.39 is 5.97 Å². The number of benzene rings is 1. The summed E-state index contributed by atoms with van der Waals surface area (Å²) in [5, 5.41) is 1.26. The predicted octanol–water partition coefficient (Wildman–Crippen LogP) is 4.95. The van der Waals surface area contributed by atoms with Gasteiger partial charge in [-0.3, -0.25) is 4.79 Å². The molecule has 1 N–H and O–H groups in total. The number of hydrogen-bond donors (Lipinski definition) is 1. The van der Waals surface area contributed by atoms with Gasteiger partial charge in [0.2, 0.25) is 0 Å². The second kappa shape index (κ2) is 7.61. The van der Waals surface area contributed by atoms with Gasteiger partial charge in [-0.05, 0) is 43.2 Å². The monoisotopic (exact) mass is 408 g/mol. The van der Waals surface area contributed by atoms with Crippen molar-refractivity contribution in [1.82, 2.24) is 9.97 Å². The van der Waals surface area contributed by atoms with Crippen LogP contribution in [0.4, 0.5) is 0 Å². The number of aromatic amines is 1. The fourth-order valence-corrected chi connectivity index (χ4v) is 3.90. The maximum absolute atomic E-state index is 12.4. The van der Waals surface area contributed by atoms with Crippen molar-refractivity contribution >= 4 is 62.9 Å². The minimum Gasteiger partial charge on any atom is -0.462 e. The highest BCUT2D eigenvalue weighted by Gasteiger charge is 2.19. The number of rotatable bonds is 4. The number of aryl methyl sites for hydroxylation is 1. The molecule has 8 heteroatoms. The zero-order valence-corrected chi connectivity index (χ0v) is 16.3. The van der Waals surface area contributed by atoms with Crippen molar-refractivity contribution in [2.75, 3.05) is 6.61 Å². The quantitative estimate of drug-likeness (QED) is 0.619. The fraction of sp³-hybridized carbons (Fsp3) is 0.167. The van der Waals surface area contributed by atoms with Gasteiger partial charge in [0.25, 0.3) is 5.56 Å². The minimum absolute atomic E-state index is 0.269. The van der Waals surface area contributed by atoms with Crippen LogP contribution in [-0.4, -0.2) is 22.5 Å². The first-order chi connectivity index (χ1) is 12.4. The smallest absolute Gasteiger partial charge is 0.348 e. The Hall–Kier alpha value is -2.15. The lowest BCUT2D eigenvalue weighted by Crippen LogP contribution is -2.10. The first-order valence-electron chi connectivity index (χ1n) is 7.75. The van der Waals surface area contributed by atoms with Gasteiger partial charge in [0.15, 0.2) is 0 Å². The van der Waals surface area contributed by atoms with Crippen LogP contribution in [-0.2, 0) is 4.74 Å². The molecular formula is C18H14Cl2N2O3S. The van der Waals surface area contributed by atoms with Crippen molar-refractivity contribution in [2.45, 2.75) is 13.8 Å².